The Morgan fingerprint density at radius 3 is 2.50 bits per heavy atom. The summed E-state index contributed by atoms with van der Waals surface area (Å²) in [5.41, 5.74) is 0.541. The van der Waals surface area contributed by atoms with E-state index < -0.39 is 23.6 Å². The zero-order chi connectivity index (χ0) is 15.3. The molecule has 0 spiro atoms. The number of hydrogen-bond donors (Lipinski definition) is 2. The zero-order valence-corrected chi connectivity index (χ0v) is 11.5. The molecule has 0 aromatic heterocycles. The van der Waals surface area contributed by atoms with Gasteiger partial charge in [0, 0.05) is 13.1 Å². The van der Waals surface area contributed by atoms with Gasteiger partial charge >= 0.3 is 6.03 Å². The molecule has 3 amide bonds. The number of hydrogen-bond acceptors (Lipinski definition) is 3. The summed E-state index contributed by atoms with van der Waals surface area (Å²) >= 11 is 0. The number of rotatable bonds is 4. The second-order valence-corrected chi connectivity index (χ2v) is 4.39. The number of carbonyl (C=O) groups excluding carboxylic acids is 2. The topological polar surface area (TPSA) is 61.4 Å². The summed E-state index contributed by atoms with van der Waals surface area (Å²) in [5.74, 6) is -2.33. The molecule has 0 fully saturated rings. The average molecular weight is 285 g/mol. The smallest absolute Gasteiger partial charge is 0.321 e. The van der Waals surface area contributed by atoms with E-state index in [-0.39, 0.29) is 12.6 Å². The summed E-state index contributed by atoms with van der Waals surface area (Å²) in [7, 11) is 3.05. The van der Waals surface area contributed by atoms with Crippen LogP contribution in [0.5, 0.6) is 0 Å². The molecule has 0 heterocycles. The van der Waals surface area contributed by atoms with Crippen molar-refractivity contribution in [2.24, 2.45) is 0 Å². The fraction of sp³-hybridized carbons (Fsp3) is 0.385. The van der Waals surface area contributed by atoms with Gasteiger partial charge in [0.05, 0.1) is 6.54 Å². The fourth-order valence-corrected chi connectivity index (χ4v) is 1.62. The van der Waals surface area contributed by atoms with Crippen LogP contribution in [0.3, 0.4) is 0 Å². The molecule has 1 atom stereocenters. The molecule has 110 valence electrons. The summed E-state index contributed by atoms with van der Waals surface area (Å²) < 4.78 is 26.0. The first kappa shape index (κ1) is 16.0. The van der Waals surface area contributed by atoms with Crippen molar-refractivity contribution in [3.05, 3.63) is 35.4 Å². The van der Waals surface area contributed by atoms with E-state index in [1.54, 1.807) is 18.9 Å². The van der Waals surface area contributed by atoms with Crippen molar-refractivity contribution in [1.29, 1.82) is 0 Å². The number of halogens is 2. The molecule has 0 aliphatic heterocycles. The summed E-state index contributed by atoms with van der Waals surface area (Å²) in [6.07, 6.45) is 0. The Morgan fingerprint density at radius 2 is 1.95 bits per heavy atom. The van der Waals surface area contributed by atoms with E-state index in [2.05, 4.69) is 10.6 Å². The van der Waals surface area contributed by atoms with Crippen LogP contribution < -0.4 is 10.6 Å². The van der Waals surface area contributed by atoms with Gasteiger partial charge in [-0.3, -0.25) is 15.0 Å². The Balaban J connectivity index is 2.66. The highest BCUT2D eigenvalue weighted by Gasteiger charge is 2.17. The second-order valence-electron chi connectivity index (χ2n) is 4.39. The molecule has 5 nitrogen and oxygen atoms in total. The highest BCUT2D eigenvalue weighted by atomic mass is 19.2. The molecule has 7 heteroatoms. The predicted octanol–water partition coefficient (Wildman–Crippen LogP) is 1.41. The van der Waals surface area contributed by atoms with Gasteiger partial charge in [0.2, 0.25) is 5.91 Å². The maximum absolute atomic E-state index is 13.2. The summed E-state index contributed by atoms with van der Waals surface area (Å²) in [4.78, 5) is 24.1. The number of likely N-dealkylation sites (N-methyl/N-ethyl adjacent to an activating group) is 1. The predicted molar refractivity (Wildman–Crippen MR) is 70.0 cm³/mol. The van der Waals surface area contributed by atoms with Gasteiger partial charge in [0.25, 0.3) is 0 Å². The van der Waals surface area contributed by atoms with Crippen LogP contribution in [0.2, 0.25) is 0 Å². The van der Waals surface area contributed by atoms with Crippen LogP contribution >= 0.6 is 0 Å². The van der Waals surface area contributed by atoms with Crippen LogP contribution in [-0.2, 0) is 4.79 Å². The quantitative estimate of drug-likeness (QED) is 0.879. The van der Waals surface area contributed by atoms with Crippen LogP contribution in [0, 0.1) is 11.6 Å². The van der Waals surface area contributed by atoms with Crippen LogP contribution in [-0.4, -0.2) is 37.5 Å². The van der Waals surface area contributed by atoms with E-state index in [1.807, 2.05) is 0 Å². The SMILES string of the molecule is CNC(=O)NC(=O)CN(C)C(C)c1ccc(F)c(F)c1. The molecule has 0 saturated carbocycles. The molecule has 1 rings (SSSR count). The number of nitrogens with zero attached hydrogens (tertiary/aromatic N) is 1. The van der Waals surface area contributed by atoms with Gasteiger partial charge < -0.3 is 5.32 Å². The van der Waals surface area contributed by atoms with Gasteiger partial charge in [0.1, 0.15) is 0 Å². The molecule has 1 aromatic rings. The van der Waals surface area contributed by atoms with E-state index in [4.69, 9.17) is 0 Å². The van der Waals surface area contributed by atoms with Crippen LogP contribution in [0.15, 0.2) is 18.2 Å². The van der Waals surface area contributed by atoms with E-state index in [1.165, 1.54) is 13.1 Å². The van der Waals surface area contributed by atoms with Crippen molar-refractivity contribution in [3.8, 4) is 0 Å². The fourth-order valence-electron chi connectivity index (χ4n) is 1.62. The highest BCUT2D eigenvalue weighted by Crippen LogP contribution is 2.20. The first-order valence-corrected chi connectivity index (χ1v) is 6.02. The van der Waals surface area contributed by atoms with Gasteiger partial charge in [-0.1, -0.05) is 6.07 Å². The lowest BCUT2D eigenvalue weighted by atomic mass is 10.1. The molecule has 20 heavy (non-hydrogen) atoms. The Labute approximate surface area is 115 Å². The Hall–Kier alpha value is -2.02. The van der Waals surface area contributed by atoms with E-state index in [9.17, 15) is 18.4 Å². The molecular weight excluding hydrogens is 268 g/mol. The van der Waals surface area contributed by atoms with Gasteiger partial charge in [0.15, 0.2) is 11.6 Å². The maximum atomic E-state index is 13.2. The lowest BCUT2D eigenvalue weighted by Crippen LogP contribution is -2.43. The molecule has 0 radical (unpaired) electrons. The Bertz CT molecular complexity index is 508. The van der Waals surface area contributed by atoms with Crippen LogP contribution in [0.1, 0.15) is 18.5 Å². The van der Waals surface area contributed by atoms with E-state index in [0.29, 0.717) is 5.56 Å². The molecule has 2 N–H and O–H groups in total. The monoisotopic (exact) mass is 285 g/mol. The largest absolute Gasteiger partial charge is 0.341 e. The van der Waals surface area contributed by atoms with Crippen molar-refractivity contribution < 1.29 is 18.4 Å². The summed E-state index contributed by atoms with van der Waals surface area (Å²) in [6.45, 7) is 1.70. The number of benzene rings is 1. The number of imide groups is 1. The molecule has 0 saturated heterocycles. The van der Waals surface area contributed by atoms with Crippen molar-refractivity contribution >= 4 is 11.9 Å². The zero-order valence-electron chi connectivity index (χ0n) is 11.5. The van der Waals surface area contributed by atoms with Gasteiger partial charge in [-0.05, 0) is 31.7 Å². The summed E-state index contributed by atoms with van der Waals surface area (Å²) in [5, 5.41) is 4.39. The lowest BCUT2D eigenvalue weighted by Gasteiger charge is -2.24. The average Bonchev–Trinajstić information content (AvgIpc) is 2.40. The highest BCUT2D eigenvalue weighted by molar-refractivity contribution is 5.95. The number of amides is 3. The van der Waals surface area contributed by atoms with Gasteiger partial charge in [-0.2, -0.15) is 0 Å². The summed E-state index contributed by atoms with van der Waals surface area (Å²) in [6, 6.07) is 2.69. The Morgan fingerprint density at radius 1 is 1.30 bits per heavy atom. The molecule has 0 aliphatic rings. The van der Waals surface area contributed by atoms with Crippen molar-refractivity contribution in [3.63, 3.8) is 0 Å². The number of nitrogens with one attached hydrogen (secondary N) is 2. The maximum Gasteiger partial charge on any atom is 0.321 e. The minimum Gasteiger partial charge on any atom is -0.341 e. The van der Waals surface area contributed by atoms with Crippen molar-refractivity contribution in [2.45, 2.75) is 13.0 Å². The normalized spacial score (nSPS) is 12.1. The van der Waals surface area contributed by atoms with Crippen LogP contribution in [0.25, 0.3) is 0 Å². The van der Waals surface area contributed by atoms with E-state index in [0.717, 1.165) is 12.1 Å². The van der Waals surface area contributed by atoms with Crippen molar-refractivity contribution in [1.82, 2.24) is 15.5 Å². The van der Waals surface area contributed by atoms with E-state index >= 15 is 0 Å². The lowest BCUT2D eigenvalue weighted by molar-refractivity contribution is -0.121. The molecular formula is C13H17F2N3O2. The Kier molecular flexibility index (Phi) is 5.57. The number of carbonyl (C=O) groups is 2. The standard InChI is InChI=1S/C13H17F2N3O2/c1-8(9-4-5-10(14)11(15)6-9)18(3)7-12(19)17-13(20)16-2/h4-6,8H,7H2,1-3H3,(H2,16,17,19,20). The first-order chi connectivity index (χ1) is 9.35. The first-order valence-electron chi connectivity index (χ1n) is 6.02. The third kappa shape index (κ3) is 4.27. The van der Waals surface area contributed by atoms with Crippen LogP contribution in [0.4, 0.5) is 13.6 Å². The third-order valence-corrected chi connectivity index (χ3v) is 2.96. The molecule has 1 aromatic carbocycles. The minimum absolute atomic E-state index is 0.0480. The number of urea groups is 1. The van der Waals surface area contributed by atoms with Crippen molar-refractivity contribution in [2.75, 3.05) is 20.6 Å². The van der Waals surface area contributed by atoms with Gasteiger partial charge in [-0.25, -0.2) is 13.6 Å². The van der Waals surface area contributed by atoms with Gasteiger partial charge in [-0.15, -0.1) is 0 Å². The molecule has 1 unspecified atom stereocenters. The molecule has 0 bridgehead atoms. The third-order valence-electron chi connectivity index (χ3n) is 2.96. The second kappa shape index (κ2) is 6.95. The minimum atomic E-state index is -0.933. The molecule has 0 aliphatic carbocycles.